The molecule has 1 aliphatic carbocycles. The van der Waals surface area contributed by atoms with E-state index in [1.54, 1.807) is 5.56 Å². The van der Waals surface area contributed by atoms with E-state index in [4.69, 9.17) is 5.73 Å². The highest BCUT2D eigenvalue weighted by molar-refractivity contribution is 5.35. The van der Waals surface area contributed by atoms with Crippen molar-refractivity contribution in [2.45, 2.75) is 44.6 Å². The zero-order chi connectivity index (χ0) is 12.1. The Bertz CT molecular complexity index is 360. The summed E-state index contributed by atoms with van der Waals surface area (Å²) in [4.78, 5) is 0. The van der Waals surface area contributed by atoms with Crippen LogP contribution in [0.2, 0.25) is 0 Å². The molecular weight excluding hydrogens is 208 g/mol. The van der Waals surface area contributed by atoms with Gasteiger partial charge in [-0.05, 0) is 68.8 Å². The highest BCUT2D eigenvalue weighted by Gasteiger charge is 2.12. The Morgan fingerprint density at radius 1 is 1.24 bits per heavy atom. The zero-order valence-corrected chi connectivity index (χ0v) is 10.8. The first-order valence-corrected chi connectivity index (χ1v) is 6.83. The minimum Gasteiger partial charge on any atom is -0.324 e. The van der Waals surface area contributed by atoms with Gasteiger partial charge in [0.05, 0.1) is 0 Å². The molecule has 2 heteroatoms. The smallest absolute Gasteiger partial charge is 0.0295 e. The summed E-state index contributed by atoms with van der Waals surface area (Å²) in [6.45, 7) is 1.05. The van der Waals surface area contributed by atoms with Crippen LogP contribution in [-0.2, 0) is 12.8 Å². The van der Waals surface area contributed by atoms with E-state index >= 15 is 0 Å². The van der Waals surface area contributed by atoms with Crippen LogP contribution in [0.4, 0.5) is 0 Å². The Balaban J connectivity index is 2.00. The number of nitrogens with one attached hydrogen (secondary N) is 1. The summed E-state index contributed by atoms with van der Waals surface area (Å²) in [5.41, 5.74) is 10.6. The first-order chi connectivity index (χ1) is 8.31. The second-order valence-corrected chi connectivity index (χ2v) is 5.09. The fourth-order valence-corrected chi connectivity index (χ4v) is 2.65. The van der Waals surface area contributed by atoms with Crippen molar-refractivity contribution in [3.05, 3.63) is 34.9 Å². The molecule has 0 fully saturated rings. The van der Waals surface area contributed by atoms with Crippen LogP contribution in [0.5, 0.6) is 0 Å². The third-order valence-electron chi connectivity index (χ3n) is 3.74. The monoisotopic (exact) mass is 232 g/mol. The number of benzene rings is 1. The summed E-state index contributed by atoms with van der Waals surface area (Å²) in [7, 11) is 1.99. The minimum atomic E-state index is 0.204. The molecule has 0 saturated heterocycles. The molecule has 2 nitrogen and oxygen atoms in total. The van der Waals surface area contributed by atoms with E-state index in [1.165, 1.54) is 36.8 Å². The predicted octanol–water partition coefficient (Wildman–Crippen LogP) is 2.56. The fraction of sp³-hybridized carbons (Fsp3) is 0.600. The van der Waals surface area contributed by atoms with Gasteiger partial charge in [-0.25, -0.2) is 0 Å². The third kappa shape index (κ3) is 3.30. The van der Waals surface area contributed by atoms with E-state index < -0.39 is 0 Å². The molecule has 17 heavy (non-hydrogen) atoms. The van der Waals surface area contributed by atoms with Crippen LogP contribution in [-0.4, -0.2) is 13.6 Å². The van der Waals surface area contributed by atoms with Gasteiger partial charge in [-0.15, -0.1) is 0 Å². The van der Waals surface area contributed by atoms with Crippen molar-refractivity contribution in [2.75, 3.05) is 13.6 Å². The summed E-state index contributed by atoms with van der Waals surface area (Å²) in [5.74, 6) is 0. The summed E-state index contributed by atoms with van der Waals surface area (Å²) in [6, 6.07) is 7.07. The minimum absolute atomic E-state index is 0.204. The van der Waals surface area contributed by atoms with Gasteiger partial charge in [0.15, 0.2) is 0 Å². The van der Waals surface area contributed by atoms with Crippen LogP contribution >= 0.6 is 0 Å². The maximum absolute atomic E-state index is 6.24. The van der Waals surface area contributed by atoms with Crippen molar-refractivity contribution >= 4 is 0 Å². The van der Waals surface area contributed by atoms with E-state index in [2.05, 4.69) is 23.5 Å². The molecule has 1 aromatic carbocycles. The highest BCUT2D eigenvalue weighted by Crippen LogP contribution is 2.25. The quantitative estimate of drug-likeness (QED) is 0.766. The lowest BCUT2D eigenvalue weighted by molar-refractivity contribution is 0.588. The van der Waals surface area contributed by atoms with E-state index in [-0.39, 0.29) is 6.04 Å². The molecule has 1 aliphatic rings. The Morgan fingerprint density at radius 2 is 2.00 bits per heavy atom. The van der Waals surface area contributed by atoms with Gasteiger partial charge in [-0.3, -0.25) is 0 Å². The second kappa shape index (κ2) is 6.18. The van der Waals surface area contributed by atoms with E-state index in [0.717, 1.165) is 19.4 Å². The number of rotatable bonds is 5. The lowest BCUT2D eigenvalue weighted by atomic mass is 9.88. The number of hydrogen-bond acceptors (Lipinski definition) is 2. The Labute approximate surface area is 105 Å². The third-order valence-corrected chi connectivity index (χ3v) is 3.74. The van der Waals surface area contributed by atoms with E-state index in [9.17, 15) is 0 Å². The molecule has 1 atom stereocenters. The molecule has 0 bridgehead atoms. The second-order valence-electron chi connectivity index (χ2n) is 5.09. The van der Waals surface area contributed by atoms with Gasteiger partial charge in [-0.1, -0.05) is 18.2 Å². The lowest BCUT2D eigenvalue weighted by Gasteiger charge is -2.19. The van der Waals surface area contributed by atoms with Crippen molar-refractivity contribution in [1.29, 1.82) is 0 Å². The van der Waals surface area contributed by atoms with Crippen molar-refractivity contribution in [1.82, 2.24) is 5.32 Å². The van der Waals surface area contributed by atoms with Crippen molar-refractivity contribution in [3.63, 3.8) is 0 Å². The molecule has 0 spiro atoms. The van der Waals surface area contributed by atoms with Crippen LogP contribution < -0.4 is 11.1 Å². The fourth-order valence-electron chi connectivity index (χ4n) is 2.65. The van der Waals surface area contributed by atoms with Gasteiger partial charge in [-0.2, -0.15) is 0 Å². The Kier molecular flexibility index (Phi) is 4.57. The molecule has 1 aromatic rings. The van der Waals surface area contributed by atoms with Crippen LogP contribution in [0.1, 0.15) is 48.4 Å². The van der Waals surface area contributed by atoms with Gasteiger partial charge in [0, 0.05) is 6.04 Å². The number of hydrogen-bond donors (Lipinski definition) is 2. The lowest BCUT2D eigenvalue weighted by Crippen LogP contribution is -2.15. The van der Waals surface area contributed by atoms with Crippen molar-refractivity contribution < 1.29 is 0 Å². The summed E-state index contributed by atoms with van der Waals surface area (Å²) >= 11 is 0. The molecule has 0 saturated carbocycles. The zero-order valence-electron chi connectivity index (χ0n) is 10.8. The van der Waals surface area contributed by atoms with Gasteiger partial charge in [0.1, 0.15) is 0 Å². The predicted molar refractivity (Wildman–Crippen MR) is 73.2 cm³/mol. The first kappa shape index (κ1) is 12.6. The van der Waals surface area contributed by atoms with Crippen molar-refractivity contribution in [3.8, 4) is 0 Å². The molecule has 94 valence electrons. The van der Waals surface area contributed by atoms with E-state index in [0.29, 0.717) is 0 Å². The molecular formula is C15H24N2. The van der Waals surface area contributed by atoms with Gasteiger partial charge in [0.25, 0.3) is 0 Å². The molecule has 0 aromatic heterocycles. The van der Waals surface area contributed by atoms with Crippen LogP contribution in [0.3, 0.4) is 0 Å². The van der Waals surface area contributed by atoms with Gasteiger partial charge in [0.2, 0.25) is 0 Å². The van der Waals surface area contributed by atoms with Crippen molar-refractivity contribution in [2.24, 2.45) is 5.73 Å². The maximum atomic E-state index is 6.24. The largest absolute Gasteiger partial charge is 0.324 e. The summed E-state index contributed by atoms with van der Waals surface area (Å²) in [6.07, 6.45) is 7.40. The Morgan fingerprint density at radius 3 is 2.76 bits per heavy atom. The van der Waals surface area contributed by atoms with Crippen LogP contribution in [0, 0.1) is 0 Å². The molecule has 1 unspecified atom stereocenters. The van der Waals surface area contributed by atoms with Crippen LogP contribution in [0.25, 0.3) is 0 Å². The van der Waals surface area contributed by atoms with Gasteiger partial charge >= 0.3 is 0 Å². The Hall–Kier alpha value is -0.860. The molecule has 0 aliphatic heterocycles. The van der Waals surface area contributed by atoms with E-state index in [1.807, 2.05) is 7.05 Å². The summed E-state index contributed by atoms with van der Waals surface area (Å²) in [5, 5.41) is 3.17. The molecule has 0 amide bonds. The normalized spacial score (nSPS) is 16.6. The molecule has 2 rings (SSSR count). The molecule has 0 radical (unpaired) electrons. The van der Waals surface area contributed by atoms with Crippen LogP contribution in [0.15, 0.2) is 18.2 Å². The summed E-state index contributed by atoms with van der Waals surface area (Å²) < 4.78 is 0. The SMILES string of the molecule is CNCCCC(N)c1ccc2c(c1)CCCC2. The van der Waals surface area contributed by atoms with Gasteiger partial charge < -0.3 is 11.1 Å². The standard InChI is InChI=1S/C15H24N2/c1-17-10-4-7-15(16)14-9-8-12-5-2-3-6-13(12)11-14/h8-9,11,15,17H,2-7,10,16H2,1H3. The average Bonchev–Trinajstić information content (AvgIpc) is 2.38. The topological polar surface area (TPSA) is 38.0 Å². The maximum Gasteiger partial charge on any atom is 0.0295 e. The number of fused-ring (bicyclic) bond motifs is 1. The molecule has 3 N–H and O–H groups in total. The number of nitrogens with two attached hydrogens (primary N) is 1. The highest BCUT2D eigenvalue weighted by atomic mass is 14.8. The first-order valence-electron chi connectivity index (χ1n) is 6.83. The number of aryl methyl sites for hydroxylation is 2. The average molecular weight is 232 g/mol. The molecule has 0 heterocycles.